The summed E-state index contributed by atoms with van der Waals surface area (Å²) in [4.78, 5) is 57.7. The zero-order chi connectivity index (χ0) is 26.7. The molecule has 2 N–H and O–H groups in total. The average Bonchev–Trinajstić information content (AvgIpc) is 2.90. The second-order valence-corrected chi connectivity index (χ2v) is 8.63. The van der Waals surface area contributed by atoms with Crippen LogP contribution >= 0.6 is 11.6 Å². The second kappa shape index (κ2) is 10.6. The van der Waals surface area contributed by atoms with Crippen LogP contribution < -0.4 is 27.6 Å². The Morgan fingerprint density at radius 2 is 1.84 bits per heavy atom. The fourth-order valence-electron chi connectivity index (χ4n) is 3.81. The highest BCUT2D eigenvalue weighted by Crippen LogP contribution is 2.22. The standard InChI is InChI=1S/C24H22ClN7O5/c1-14(11-20(33)29-36)31-23(34)30(13-15-3-6-17(25)7-4-15)22(32(26)24(31)35)27-18-8-9-19-16(12-18)5-10-21(28-19)37-2/h3-10,12,14H,11,13,26H2,1-2H3/b27-22-/t14-/m0/s1. The van der Waals surface area contributed by atoms with Crippen molar-refractivity contribution in [1.82, 2.24) is 18.8 Å². The lowest BCUT2D eigenvalue weighted by atomic mass is 10.2. The maximum absolute atomic E-state index is 13.5. The normalized spacial score (nSPS) is 12.5. The summed E-state index contributed by atoms with van der Waals surface area (Å²) < 4.78 is 7.88. The molecule has 13 heteroatoms. The molecule has 37 heavy (non-hydrogen) atoms. The van der Waals surface area contributed by atoms with Gasteiger partial charge in [0.1, 0.15) is 0 Å². The maximum atomic E-state index is 13.5. The minimum atomic E-state index is -0.998. The number of nitrogens with two attached hydrogens (primary N) is 1. The van der Waals surface area contributed by atoms with Crippen molar-refractivity contribution in [1.29, 1.82) is 0 Å². The molecule has 2 aromatic heterocycles. The molecule has 0 unspecified atom stereocenters. The van der Waals surface area contributed by atoms with Crippen LogP contribution in [-0.2, 0) is 11.3 Å². The van der Waals surface area contributed by atoms with E-state index in [-0.39, 0.29) is 12.2 Å². The van der Waals surface area contributed by atoms with Crippen molar-refractivity contribution in [2.24, 2.45) is 10.2 Å². The number of methoxy groups -OCH3 is 1. The lowest BCUT2D eigenvalue weighted by molar-refractivity contribution is -0.118. The Kier molecular flexibility index (Phi) is 7.30. The molecular formula is C24H22ClN7O5. The lowest BCUT2D eigenvalue weighted by Crippen LogP contribution is -2.58. The predicted octanol–water partition coefficient (Wildman–Crippen LogP) is 2.26. The number of nitrogens with zero attached hydrogens (tertiary/aromatic N) is 6. The summed E-state index contributed by atoms with van der Waals surface area (Å²) in [5.41, 5.74) is -0.0489. The average molecular weight is 524 g/mol. The lowest BCUT2D eigenvalue weighted by Gasteiger charge is -2.17. The van der Waals surface area contributed by atoms with Crippen LogP contribution in [0.25, 0.3) is 10.9 Å². The molecule has 2 heterocycles. The van der Waals surface area contributed by atoms with E-state index in [1.165, 1.54) is 18.6 Å². The first kappa shape index (κ1) is 25.5. The molecule has 0 aliphatic rings. The largest absolute Gasteiger partial charge is 0.481 e. The predicted molar refractivity (Wildman–Crippen MR) is 137 cm³/mol. The van der Waals surface area contributed by atoms with E-state index >= 15 is 0 Å². The Balaban J connectivity index is 1.94. The van der Waals surface area contributed by atoms with E-state index in [4.69, 9.17) is 22.2 Å². The van der Waals surface area contributed by atoms with E-state index < -0.39 is 29.7 Å². The fourth-order valence-corrected chi connectivity index (χ4v) is 3.93. The number of nitrogen functional groups attached to an aromatic ring is 1. The number of pyridine rings is 1. The van der Waals surface area contributed by atoms with Gasteiger partial charge >= 0.3 is 11.4 Å². The third-order valence-electron chi connectivity index (χ3n) is 5.66. The number of amides is 1. The molecule has 0 spiro atoms. The number of hydrogen-bond acceptors (Lipinski definition) is 8. The van der Waals surface area contributed by atoms with Crippen molar-refractivity contribution in [2.75, 3.05) is 13.0 Å². The van der Waals surface area contributed by atoms with Crippen LogP contribution in [0.2, 0.25) is 5.02 Å². The van der Waals surface area contributed by atoms with Gasteiger partial charge in [-0.05, 0) is 48.9 Å². The van der Waals surface area contributed by atoms with Crippen LogP contribution in [0.5, 0.6) is 5.88 Å². The first-order valence-electron chi connectivity index (χ1n) is 11.1. The second-order valence-electron chi connectivity index (χ2n) is 8.20. The maximum Gasteiger partial charge on any atom is 0.354 e. The zero-order valence-corrected chi connectivity index (χ0v) is 20.6. The molecule has 4 rings (SSSR count). The first-order chi connectivity index (χ1) is 17.7. The molecule has 2 aromatic carbocycles. The summed E-state index contributed by atoms with van der Waals surface area (Å²) in [5.74, 6) is 5.60. The van der Waals surface area contributed by atoms with E-state index in [9.17, 15) is 19.3 Å². The van der Waals surface area contributed by atoms with Crippen molar-refractivity contribution >= 4 is 34.1 Å². The van der Waals surface area contributed by atoms with Crippen molar-refractivity contribution in [3.05, 3.63) is 96.7 Å². The topological polar surface area (TPSA) is 156 Å². The zero-order valence-electron chi connectivity index (χ0n) is 19.9. The molecule has 1 atom stereocenters. The Morgan fingerprint density at radius 1 is 1.11 bits per heavy atom. The van der Waals surface area contributed by atoms with Crippen LogP contribution in [0.1, 0.15) is 24.9 Å². The monoisotopic (exact) mass is 523 g/mol. The van der Waals surface area contributed by atoms with Crippen LogP contribution in [0, 0.1) is 4.91 Å². The van der Waals surface area contributed by atoms with Gasteiger partial charge in [-0.25, -0.2) is 24.1 Å². The van der Waals surface area contributed by atoms with Gasteiger partial charge in [-0.15, -0.1) is 4.91 Å². The molecule has 0 saturated heterocycles. The summed E-state index contributed by atoms with van der Waals surface area (Å²) in [6.45, 7) is 1.44. The number of nitroso groups, excluding NO2 is 1. The number of carbonyl (C=O) groups is 1. The summed E-state index contributed by atoms with van der Waals surface area (Å²) in [6, 6.07) is 14.4. The third kappa shape index (κ3) is 5.33. The number of halogens is 1. The van der Waals surface area contributed by atoms with Crippen molar-refractivity contribution in [2.45, 2.75) is 25.9 Å². The van der Waals surface area contributed by atoms with Crippen LogP contribution in [-0.4, -0.2) is 31.8 Å². The van der Waals surface area contributed by atoms with Crippen LogP contribution in [0.15, 0.2) is 74.4 Å². The molecule has 0 aliphatic heterocycles. The van der Waals surface area contributed by atoms with Crippen molar-refractivity contribution in [3.8, 4) is 5.88 Å². The van der Waals surface area contributed by atoms with E-state index in [1.807, 2.05) is 0 Å². The molecule has 0 bridgehead atoms. The van der Waals surface area contributed by atoms with E-state index in [0.717, 1.165) is 14.6 Å². The van der Waals surface area contributed by atoms with E-state index in [1.54, 1.807) is 54.6 Å². The van der Waals surface area contributed by atoms with Gasteiger partial charge in [-0.2, -0.15) is 4.68 Å². The van der Waals surface area contributed by atoms with Gasteiger partial charge in [0.25, 0.3) is 5.91 Å². The number of aromatic nitrogens is 4. The molecule has 0 fully saturated rings. The smallest absolute Gasteiger partial charge is 0.354 e. The van der Waals surface area contributed by atoms with Gasteiger partial charge in [-0.3, -0.25) is 9.36 Å². The number of hydrogen-bond donors (Lipinski definition) is 1. The highest BCUT2D eigenvalue weighted by Gasteiger charge is 2.20. The SMILES string of the molecule is COc1ccc2cc(/N=c3\n(N)c(=O)n([C@@H](C)CC(=O)N=O)c(=O)n3Cc3ccc(Cl)cc3)ccc2n1. The Hall–Kier alpha value is -4.58. The minimum absolute atomic E-state index is 0.00868. The summed E-state index contributed by atoms with van der Waals surface area (Å²) in [5, 5.41) is 3.61. The Bertz CT molecular complexity index is 1690. The molecule has 0 aliphatic carbocycles. The van der Waals surface area contributed by atoms with E-state index in [2.05, 4.69) is 15.2 Å². The van der Waals surface area contributed by atoms with E-state index in [0.29, 0.717) is 27.7 Å². The number of fused-ring (bicyclic) bond motifs is 1. The van der Waals surface area contributed by atoms with Crippen molar-refractivity contribution in [3.63, 3.8) is 0 Å². The van der Waals surface area contributed by atoms with Gasteiger partial charge in [0.2, 0.25) is 11.5 Å². The highest BCUT2D eigenvalue weighted by atomic mass is 35.5. The molecular weight excluding hydrogens is 502 g/mol. The Morgan fingerprint density at radius 3 is 2.51 bits per heavy atom. The third-order valence-corrected chi connectivity index (χ3v) is 5.91. The van der Waals surface area contributed by atoms with Gasteiger partial charge in [-0.1, -0.05) is 23.7 Å². The quantitative estimate of drug-likeness (QED) is 0.287. The highest BCUT2D eigenvalue weighted by molar-refractivity contribution is 6.30. The molecule has 190 valence electrons. The molecule has 0 radical (unpaired) electrons. The molecule has 1 amide bonds. The van der Waals surface area contributed by atoms with Crippen LogP contribution in [0.4, 0.5) is 5.69 Å². The summed E-state index contributed by atoms with van der Waals surface area (Å²) in [6.07, 6.45) is -0.447. The van der Waals surface area contributed by atoms with Gasteiger partial charge in [0, 0.05) is 27.7 Å². The van der Waals surface area contributed by atoms with Gasteiger partial charge in [0.05, 0.1) is 31.3 Å². The number of benzene rings is 2. The first-order valence-corrected chi connectivity index (χ1v) is 11.4. The van der Waals surface area contributed by atoms with Crippen molar-refractivity contribution < 1.29 is 9.53 Å². The Labute approximate surface area is 214 Å². The van der Waals surface area contributed by atoms with Gasteiger partial charge < -0.3 is 10.6 Å². The molecule has 12 nitrogen and oxygen atoms in total. The van der Waals surface area contributed by atoms with Gasteiger partial charge in [0.15, 0.2) is 0 Å². The molecule has 4 aromatic rings. The fraction of sp³-hybridized carbons (Fsp3) is 0.208. The minimum Gasteiger partial charge on any atom is -0.481 e. The van der Waals surface area contributed by atoms with Crippen LogP contribution in [0.3, 0.4) is 0 Å². The number of carbonyl (C=O) groups excluding carboxylic acids is 1. The summed E-state index contributed by atoms with van der Waals surface area (Å²) >= 11 is 5.99. The number of rotatable bonds is 7. The molecule has 0 saturated carbocycles. The number of ether oxygens (including phenoxy) is 1. The summed E-state index contributed by atoms with van der Waals surface area (Å²) in [7, 11) is 1.52.